The van der Waals surface area contributed by atoms with Gasteiger partial charge in [0.25, 0.3) is 0 Å². The Kier molecular flexibility index (Phi) is 2.57. The number of hydrogen-bond acceptors (Lipinski definition) is 2. The first-order chi connectivity index (χ1) is 6.77. The number of rotatable bonds is 1. The first kappa shape index (κ1) is 9.31. The van der Waals surface area contributed by atoms with Crippen LogP contribution < -0.4 is 10.1 Å². The van der Waals surface area contributed by atoms with Crippen LogP contribution in [0.2, 0.25) is 0 Å². The minimum atomic E-state index is -0.926. The fraction of sp³-hybridized carbons (Fsp3) is 0.455. The van der Waals surface area contributed by atoms with Gasteiger partial charge in [-0.1, -0.05) is 6.07 Å². The van der Waals surface area contributed by atoms with Gasteiger partial charge in [0.1, 0.15) is 11.9 Å². The van der Waals surface area contributed by atoms with Crippen molar-refractivity contribution >= 4 is 5.69 Å². The molecule has 0 aromatic heterocycles. The second-order valence-electron chi connectivity index (χ2n) is 3.50. The number of benzene rings is 1. The Morgan fingerprint density at radius 3 is 3.14 bits per heavy atom. The van der Waals surface area contributed by atoms with Crippen molar-refractivity contribution in [2.75, 3.05) is 18.5 Å². The summed E-state index contributed by atoms with van der Waals surface area (Å²) in [5.41, 5.74) is 1.60. The average molecular weight is 195 g/mol. The molecule has 3 heteroatoms. The van der Waals surface area contributed by atoms with Crippen LogP contribution in [0.3, 0.4) is 0 Å². The highest BCUT2D eigenvalue weighted by Crippen LogP contribution is 2.30. The van der Waals surface area contributed by atoms with Crippen molar-refractivity contribution in [1.29, 1.82) is 0 Å². The standard InChI is InChI=1S/C11H14FNO/c1-8(12)9-3-4-11-10(7-9)13-5-2-6-14-11/h3-4,7-8,13H,2,5-6H2,1H3. The van der Waals surface area contributed by atoms with Crippen LogP contribution in [0.4, 0.5) is 10.1 Å². The molecule has 0 amide bonds. The van der Waals surface area contributed by atoms with E-state index in [1.807, 2.05) is 12.1 Å². The monoisotopic (exact) mass is 195 g/mol. The zero-order valence-corrected chi connectivity index (χ0v) is 8.22. The van der Waals surface area contributed by atoms with Crippen molar-refractivity contribution in [1.82, 2.24) is 0 Å². The van der Waals surface area contributed by atoms with Crippen molar-refractivity contribution in [3.05, 3.63) is 23.8 Å². The van der Waals surface area contributed by atoms with Gasteiger partial charge in [0, 0.05) is 6.54 Å². The SMILES string of the molecule is CC(F)c1ccc2c(c1)NCCCO2. The second kappa shape index (κ2) is 3.86. The molecular formula is C11H14FNO. The highest BCUT2D eigenvalue weighted by atomic mass is 19.1. The molecule has 1 unspecified atom stereocenters. The number of fused-ring (bicyclic) bond motifs is 1. The molecule has 1 N–H and O–H groups in total. The average Bonchev–Trinajstić information content (AvgIpc) is 2.41. The normalized spacial score (nSPS) is 17.3. The first-order valence-corrected chi connectivity index (χ1v) is 4.92. The Morgan fingerprint density at radius 2 is 2.36 bits per heavy atom. The van der Waals surface area contributed by atoms with E-state index in [1.165, 1.54) is 0 Å². The quantitative estimate of drug-likeness (QED) is 0.744. The summed E-state index contributed by atoms with van der Waals surface area (Å²) in [6, 6.07) is 5.43. The zero-order chi connectivity index (χ0) is 9.97. The van der Waals surface area contributed by atoms with Gasteiger partial charge in [-0.15, -0.1) is 0 Å². The highest BCUT2D eigenvalue weighted by Gasteiger charge is 2.11. The molecule has 1 aliphatic rings. The van der Waals surface area contributed by atoms with E-state index in [9.17, 15) is 4.39 Å². The van der Waals surface area contributed by atoms with Gasteiger partial charge in [0.15, 0.2) is 0 Å². The lowest BCUT2D eigenvalue weighted by Gasteiger charge is -2.10. The van der Waals surface area contributed by atoms with Crippen molar-refractivity contribution in [3.63, 3.8) is 0 Å². The molecule has 2 nitrogen and oxygen atoms in total. The molecule has 1 atom stereocenters. The minimum absolute atomic E-state index is 0.696. The molecule has 2 rings (SSSR count). The maximum Gasteiger partial charge on any atom is 0.142 e. The third-order valence-corrected chi connectivity index (χ3v) is 2.36. The highest BCUT2D eigenvalue weighted by molar-refractivity contribution is 5.58. The van der Waals surface area contributed by atoms with Gasteiger partial charge in [0.2, 0.25) is 0 Å². The first-order valence-electron chi connectivity index (χ1n) is 4.92. The molecule has 0 aliphatic carbocycles. The lowest BCUT2D eigenvalue weighted by Crippen LogP contribution is -2.00. The summed E-state index contributed by atoms with van der Waals surface area (Å²) in [5.74, 6) is 0.826. The van der Waals surface area contributed by atoms with Crippen LogP contribution in [0.1, 0.15) is 25.1 Å². The fourth-order valence-electron chi connectivity index (χ4n) is 1.54. The van der Waals surface area contributed by atoms with E-state index in [1.54, 1.807) is 13.0 Å². The maximum atomic E-state index is 13.0. The second-order valence-corrected chi connectivity index (χ2v) is 3.50. The van der Waals surface area contributed by atoms with Crippen LogP contribution in [0.15, 0.2) is 18.2 Å². The van der Waals surface area contributed by atoms with E-state index in [0.29, 0.717) is 5.56 Å². The van der Waals surface area contributed by atoms with Crippen molar-refractivity contribution < 1.29 is 9.13 Å². The Hall–Kier alpha value is -1.25. The van der Waals surface area contributed by atoms with E-state index in [2.05, 4.69) is 5.32 Å². The minimum Gasteiger partial charge on any atom is -0.491 e. The van der Waals surface area contributed by atoms with Crippen LogP contribution in [0, 0.1) is 0 Å². The van der Waals surface area contributed by atoms with Crippen LogP contribution in [0.5, 0.6) is 5.75 Å². The molecule has 14 heavy (non-hydrogen) atoms. The van der Waals surface area contributed by atoms with Gasteiger partial charge < -0.3 is 10.1 Å². The third-order valence-electron chi connectivity index (χ3n) is 2.36. The summed E-state index contributed by atoms with van der Waals surface area (Å²) < 4.78 is 18.5. The molecule has 0 saturated carbocycles. The van der Waals surface area contributed by atoms with Gasteiger partial charge >= 0.3 is 0 Å². The summed E-state index contributed by atoms with van der Waals surface area (Å²) in [4.78, 5) is 0. The molecule has 1 aliphatic heterocycles. The van der Waals surface area contributed by atoms with Crippen LogP contribution in [-0.2, 0) is 0 Å². The molecular weight excluding hydrogens is 181 g/mol. The number of nitrogens with one attached hydrogen (secondary N) is 1. The molecule has 0 spiro atoms. The van der Waals surface area contributed by atoms with Crippen molar-refractivity contribution in [3.8, 4) is 5.75 Å². The van der Waals surface area contributed by atoms with E-state index in [-0.39, 0.29) is 0 Å². The molecule has 1 aromatic rings. The van der Waals surface area contributed by atoms with Gasteiger partial charge in [-0.2, -0.15) is 0 Å². The van der Waals surface area contributed by atoms with Gasteiger partial charge in [-0.25, -0.2) is 4.39 Å². The number of hydrogen-bond donors (Lipinski definition) is 1. The Labute approximate surface area is 83.1 Å². The summed E-state index contributed by atoms with van der Waals surface area (Å²) in [6.07, 6.45) is 0.0557. The van der Waals surface area contributed by atoms with Crippen molar-refractivity contribution in [2.24, 2.45) is 0 Å². The molecule has 0 bridgehead atoms. The van der Waals surface area contributed by atoms with Gasteiger partial charge in [-0.3, -0.25) is 0 Å². The molecule has 0 saturated heterocycles. The van der Waals surface area contributed by atoms with Gasteiger partial charge in [0.05, 0.1) is 12.3 Å². The van der Waals surface area contributed by atoms with Gasteiger partial charge in [-0.05, 0) is 31.0 Å². The summed E-state index contributed by atoms with van der Waals surface area (Å²) >= 11 is 0. The van der Waals surface area contributed by atoms with Crippen molar-refractivity contribution in [2.45, 2.75) is 19.5 Å². The predicted molar refractivity (Wildman–Crippen MR) is 54.6 cm³/mol. The number of anilines is 1. The molecule has 76 valence electrons. The largest absolute Gasteiger partial charge is 0.491 e. The molecule has 1 heterocycles. The van der Waals surface area contributed by atoms with E-state index >= 15 is 0 Å². The third kappa shape index (κ3) is 1.81. The lowest BCUT2D eigenvalue weighted by atomic mass is 10.1. The summed E-state index contributed by atoms with van der Waals surface area (Å²) in [6.45, 7) is 3.15. The van der Waals surface area contributed by atoms with E-state index in [0.717, 1.165) is 31.0 Å². The van der Waals surface area contributed by atoms with E-state index in [4.69, 9.17) is 4.74 Å². The zero-order valence-electron chi connectivity index (χ0n) is 8.22. The topological polar surface area (TPSA) is 21.3 Å². The predicted octanol–water partition coefficient (Wildman–Crippen LogP) is 2.91. The Bertz CT molecular complexity index is 325. The fourth-order valence-corrected chi connectivity index (χ4v) is 1.54. The Balaban J connectivity index is 2.32. The number of halogens is 1. The van der Waals surface area contributed by atoms with Crippen LogP contribution in [-0.4, -0.2) is 13.2 Å². The molecule has 0 radical (unpaired) electrons. The number of alkyl halides is 1. The summed E-state index contributed by atoms with van der Waals surface area (Å²) in [7, 11) is 0. The lowest BCUT2D eigenvalue weighted by molar-refractivity contribution is 0.322. The summed E-state index contributed by atoms with van der Waals surface area (Å²) in [5, 5.41) is 3.23. The smallest absolute Gasteiger partial charge is 0.142 e. The van der Waals surface area contributed by atoms with Crippen LogP contribution in [0.25, 0.3) is 0 Å². The maximum absolute atomic E-state index is 13.0. The van der Waals surface area contributed by atoms with Crippen LogP contribution >= 0.6 is 0 Å². The number of ether oxygens (including phenoxy) is 1. The molecule has 1 aromatic carbocycles. The Morgan fingerprint density at radius 1 is 1.50 bits per heavy atom. The molecule has 0 fully saturated rings. The van der Waals surface area contributed by atoms with E-state index < -0.39 is 6.17 Å².